The first kappa shape index (κ1) is 40.9. The van der Waals surface area contributed by atoms with Gasteiger partial charge in [-0.15, -0.1) is 0 Å². The maximum atomic E-state index is 5.50. The summed E-state index contributed by atoms with van der Waals surface area (Å²) in [4.78, 5) is 16.5. The molecule has 2 aliphatic carbocycles. The van der Waals surface area contributed by atoms with E-state index >= 15 is 0 Å². The van der Waals surface area contributed by atoms with E-state index in [4.69, 9.17) is 15.0 Å². The molecule has 2 aliphatic rings. The van der Waals surface area contributed by atoms with E-state index in [0.717, 1.165) is 67.6 Å². The van der Waals surface area contributed by atoms with Gasteiger partial charge in [-0.1, -0.05) is 201 Å². The van der Waals surface area contributed by atoms with E-state index < -0.39 is 5.41 Å². The molecule has 1 heterocycles. The fraction of sp³-hybridized carbons (Fsp3) is 0.0615. The molecule has 0 radical (unpaired) electrons. The predicted molar refractivity (Wildman–Crippen MR) is 282 cm³/mol. The Balaban J connectivity index is 1.13. The molecule has 0 bridgehead atoms. The molecule has 9 aromatic carbocycles. The van der Waals surface area contributed by atoms with Gasteiger partial charge in [0.2, 0.25) is 0 Å². The normalized spacial score (nSPS) is 15.7. The zero-order valence-electron chi connectivity index (χ0n) is 38.1. The van der Waals surface area contributed by atoms with Crippen LogP contribution in [0.1, 0.15) is 42.5 Å². The molecule has 0 saturated heterocycles. The van der Waals surface area contributed by atoms with Gasteiger partial charge in [0.15, 0.2) is 17.5 Å². The van der Waals surface area contributed by atoms with E-state index in [-0.39, 0.29) is 0 Å². The molecule has 1 unspecified atom stereocenters. The summed E-state index contributed by atoms with van der Waals surface area (Å²) in [6, 6.07) is 80.6. The third-order valence-electron chi connectivity index (χ3n) is 13.8. The highest BCUT2D eigenvalue weighted by Crippen LogP contribution is 2.64. The Hall–Kier alpha value is -8.53. The molecule has 10 aromatic rings. The van der Waals surface area contributed by atoms with Crippen molar-refractivity contribution in [2.24, 2.45) is 0 Å². The highest BCUT2D eigenvalue weighted by atomic mass is 15.0. The Kier molecular flexibility index (Phi) is 10.3. The molecule has 0 N–H and O–H groups in total. The second kappa shape index (κ2) is 17.0. The van der Waals surface area contributed by atoms with E-state index in [2.05, 4.69) is 250 Å². The number of allylic oxidation sites excluding steroid dienone is 4. The second-order valence-corrected chi connectivity index (χ2v) is 17.7. The zero-order valence-corrected chi connectivity index (χ0v) is 38.1. The number of rotatable bonds is 8. The predicted octanol–water partition coefficient (Wildman–Crippen LogP) is 16.6. The highest BCUT2D eigenvalue weighted by molar-refractivity contribution is 6.00. The van der Waals surface area contributed by atoms with Crippen LogP contribution < -0.4 is 0 Å². The van der Waals surface area contributed by atoms with Gasteiger partial charge in [0.05, 0.1) is 5.41 Å². The lowest BCUT2D eigenvalue weighted by molar-refractivity contribution is 0.789. The first-order chi connectivity index (χ1) is 33.6. The number of benzene rings is 9. The summed E-state index contributed by atoms with van der Waals surface area (Å²) in [6.07, 6.45) is 5.66. The van der Waals surface area contributed by atoms with Crippen LogP contribution in [0.5, 0.6) is 0 Å². The number of hydrogen-bond donors (Lipinski definition) is 0. The van der Waals surface area contributed by atoms with Crippen molar-refractivity contribution in [3.8, 4) is 89.8 Å². The minimum absolute atomic E-state index is 0.502. The zero-order chi connectivity index (χ0) is 45.6. The molecule has 12 rings (SSSR count). The van der Waals surface area contributed by atoms with Crippen LogP contribution in [-0.2, 0) is 5.41 Å². The van der Waals surface area contributed by atoms with E-state index in [1.807, 2.05) is 0 Å². The lowest BCUT2D eigenvalue weighted by atomic mass is 9.70. The largest absolute Gasteiger partial charge is 0.208 e. The van der Waals surface area contributed by atoms with E-state index in [9.17, 15) is 0 Å². The van der Waals surface area contributed by atoms with Crippen LogP contribution in [0, 0.1) is 0 Å². The van der Waals surface area contributed by atoms with Gasteiger partial charge in [-0.25, -0.2) is 15.0 Å². The van der Waals surface area contributed by atoms with Crippen molar-refractivity contribution in [2.45, 2.75) is 25.7 Å². The molecule has 0 fully saturated rings. The summed E-state index contributed by atoms with van der Waals surface area (Å²) in [5.74, 6) is 1.84. The molecular weight excluding hydrogens is 823 g/mol. The maximum absolute atomic E-state index is 5.50. The van der Waals surface area contributed by atoms with Crippen LogP contribution in [0.2, 0.25) is 0 Å². The Morgan fingerprint density at radius 2 is 0.706 bits per heavy atom. The van der Waals surface area contributed by atoms with Gasteiger partial charge < -0.3 is 0 Å². The summed E-state index contributed by atoms with van der Waals surface area (Å²) < 4.78 is 0. The molecule has 3 heteroatoms. The molecule has 1 spiro atoms. The summed E-state index contributed by atoms with van der Waals surface area (Å²) >= 11 is 0. The summed E-state index contributed by atoms with van der Waals surface area (Å²) in [5.41, 5.74) is 21.4. The van der Waals surface area contributed by atoms with Crippen LogP contribution in [0.4, 0.5) is 0 Å². The third-order valence-corrected chi connectivity index (χ3v) is 13.8. The standard InChI is InChI=1S/C65H47N3/c1-3-21-58-54(4-2)55-30-17-19-32-59(55)65(58)60-33-20-18-31-56(60)57-35-34-47(42-61(57)65)62-66-63(52-38-48(43-22-9-5-10-23-43)36-49(39-52)44-24-11-6-12-25-44)68-64(67-62)53-40-50(45-26-13-7-14-27-45)37-51(41-53)46-28-15-8-16-29-46/h4-42H,3H2,1-2H3/b54-4-,58-21+. The van der Waals surface area contributed by atoms with Crippen LogP contribution in [0.25, 0.3) is 95.4 Å². The molecule has 0 saturated carbocycles. The van der Waals surface area contributed by atoms with E-state index in [0.29, 0.717) is 17.5 Å². The average Bonchev–Trinajstić information content (AvgIpc) is 3.87. The molecular formula is C65H47N3. The van der Waals surface area contributed by atoms with Crippen molar-refractivity contribution in [3.63, 3.8) is 0 Å². The Bertz CT molecular complexity index is 3330. The lowest BCUT2D eigenvalue weighted by Crippen LogP contribution is -2.26. The molecule has 322 valence electrons. The second-order valence-electron chi connectivity index (χ2n) is 17.7. The van der Waals surface area contributed by atoms with Gasteiger partial charge in [-0.05, 0) is 145 Å². The molecule has 0 amide bonds. The van der Waals surface area contributed by atoms with Gasteiger partial charge in [0, 0.05) is 16.7 Å². The fourth-order valence-corrected chi connectivity index (χ4v) is 10.8. The van der Waals surface area contributed by atoms with Gasteiger partial charge >= 0.3 is 0 Å². The monoisotopic (exact) mass is 869 g/mol. The van der Waals surface area contributed by atoms with Crippen LogP contribution in [0.15, 0.2) is 242 Å². The van der Waals surface area contributed by atoms with Gasteiger partial charge in [0.1, 0.15) is 0 Å². The molecule has 0 aliphatic heterocycles. The number of fused-ring (bicyclic) bond motifs is 7. The van der Waals surface area contributed by atoms with Crippen molar-refractivity contribution < 1.29 is 0 Å². The first-order valence-electron chi connectivity index (χ1n) is 23.6. The van der Waals surface area contributed by atoms with Crippen LogP contribution >= 0.6 is 0 Å². The summed E-state index contributed by atoms with van der Waals surface area (Å²) in [5, 5.41) is 0. The lowest BCUT2D eigenvalue weighted by Gasteiger charge is -2.31. The number of aromatic nitrogens is 3. The molecule has 68 heavy (non-hydrogen) atoms. The van der Waals surface area contributed by atoms with Crippen molar-refractivity contribution in [3.05, 3.63) is 264 Å². The maximum Gasteiger partial charge on any atom is 0.164 e. The van der Waals surface area contributed by atoms with E-state index in [1.165, 1.54) is 44.5 Å². The van der Waals surface area contributed by atoms with Crippen LogP contribution in [0.3, 0.4) is 0 Å². The smallest absolute Gasteiger partial charge is 0.164 e. The summed E-state index contributed by atoms with van der Waals surface area (Å²) in [7, 11) is 0. The fourth-order valence-electron chi connectivity index (χ4n) is 10.8. The van der Waals surface area contributed by atoms with Crippen molar-refractivity contribution in [1.29, 1.82) is 0 Å². The van der Waals surface area contributed by atoms with E-state index in [1.54, 1.807) is 0 Å². The Labute approximate surface area is 398 Å². The summed E-state index contributed by atoms with van der Waals surface area (Å²) in [6.45, 7) is 4.42. The van der Waals surface area contributed by atoms with Crippen molar-refractivity contribution in [2.75, 3.05) is 0 Å². The van der Waals surface area contributed by atoms with Crippen LogP contribution in [-0.4, -0.2) is 15.0 Å². The molecule has 1 aromatic heterocycles. The molecule has 1 atom stereocenters. The quantitative estimate of drug-likeness (QED) is 0.153. The van der Waals surface area contributed by atoms with Gasteiger partial charge in [-0.2, -0.15) is 0 Å². The first-order valence-corrected chi connectivity index (χ1v) is 23.6. The van der Waals surface area contributed by atoms with Crippen molar-refractivity contribution in [1.82, 2.24) is 15.0 Å². The highest BCUT2D eigenvalue weighted by Gasteiger charge is 2.53. The third kappa shape index (κ3) is 6.86. The number of nitrogens with zero attached hydrogens (tertiary/aromatic N) is 3. The van der Waals surface area contributed by atoms with Gasteiger partial charge in [-0.3, -0.25) is 0 Å². The minimum Gasteiger partial charge on any atom is -0.208 e. The average molecular weight is 870 g/mol. The SMILES string of the molecule is C/C=C1\C(=C/CC)C2(c3ccccc31)c1ccccc1-c1ccc(-c3nc(-c4cc(-c5ccccc5)cc(-c5ccccc5)c4)nc(-c4cc(-c5ccccc5)cc(-c5ccccc5)c4)n3)cc12. The molecule has 3 nitrogen and oxygen atoms in total. The van der Waals surface area contributed by atoms with Gasteiger partial charge in [0.25, 0.3) is 0 Å². The number of hydrogen-bond acceptors (Lipinski definition) is 3. The van der Waals surface area contributed by atoms with Crippen molar-refractivity contribution >= 4 is 5.57 Å². The Morgan fingerprint density at radius 1 is 0.338 bits per heavy atom. The minimum atomic E-state index is -0.502. The Morgan fingerprint density at radius 3 is 1.15 bits per heavy atom. The topological polar surface area (TPSA) is 38.7 Å².